The number of fused-ring (bicyclic) bond motifs is 4. The largest absolute Gasteiger partial charge is 0.0616 e. The highest BCUT2D eigenvalue weighted by molar-refractivity contribution is 6.22. The van der Waals surface area contributed by atoms with Gasteiger partial charge in [0, 0.05) is 0 Å². The Morgan fingerprint density at radius 3 is 1.19 bits per heavy atom. The molecule has 9 rings (SSSR count). The third-order valence-corrected chi connectivity index (χ3v) is 9.70. The summed E-state index contributed by atoms with van der Waals surface area (Å²) in [5, 5.41) is 10.1. The molecule has 0 aliphatic carbocycles. The summed E-state index contributed by atoms with van der Waals surface area (Å²) in [6.07, 6.45) is 0. The van der Waals surface area contributed by atoms with Gasteiger partial charge in [-0.2, -0.15) is 0 Å². The van der Waals surface area contributed by atoms with Crippen molar-refractivity contribution in [2.45, 2.75) is 6.92 Å². The zero-order valence-corrected chi connectivity index (χ0v) is 26.2. The van der Waals surface area contributed by atoms with Crippen LogP contribution in [0, 0.1) is 6.92 Å². The van der Waals surface area contributed by atoms with Crippen LogP contribution in [0.3, 0.4) is 0 Å². The minimum Gasteiger partial charge on any atom is -0.0616 e. The van der Waals surface area contributed by atoms with Crippen LogP contribution in [0.15, 0.2) is 176 Å². The Kier molecular flexibility index (Phi) is 6.47. The van der Waals surface area contributed by atoms with E-state index in [2.05, 4.69) is 183 Å². The summed E-state index contributed by atoms with van der Waals surface area (Å²) in [5.74, 6) is 0. The lowest BCUT2D eigenvalue weighted by atomic mass is 9.84. The molecule has 0 saturated heterocycles. The standard InChI is InChI=1S/C47H32/c1-31-14-16-34(17-15-31)35-18-20-36(21-19-35)39-26-27-44-45(30-39)47(41-25-23-33-9-3-5-11-38(33)29-41)43-13-7-6-12-42(43)46(44)40-24-22-32-8-2-4-10-37(32)28-40/h2-30H,1H3. The molecule has 0 unspecified atom stereocenters. The van der Waals surface area contributed by atoms with Gasteiger partial charge in [0.2, 0.25) is 0 Å². The van der Waals surface area contributed by atoms with E-state index in [1.165, 1.54) is 93.2 Å². The van der Waals surface area contributed by atoms with E-state index in [4.69, 9.17) is 0 Å². The van der Waals surface area contributed by atoms with Crippen LogP contribution < -0.4 is 0 Å². The molecule has 0 nitrogen and oxygen atoms in total. The molecule has 0 N–H and O–H groups in total. The Morgan fingerprint density at radius 1 is 0.255 bits per heavy atom. The molecule has 0 saturated carbocycles. The zero-order valence-electron chi connectivity index (χ0n) is 26.2. The highest BCUT2D eigenvalue weighted by Crippen LogP contribution is 2.45. The van der Waals surface area contributed by atoms with Gasteiger partial charge in [0.15, 0.2) is 0 Å². The third-order valence-electron chi connectivity index (χ3n) is 9.70. The van der Waals surface area contributed by atoms with E-state index in [9.17, 15) is 0 Å². The molecule has 0 heteroatoms. The lowest BCUT2D eigenvalue weighted by Crippen LogP contribution is -1.92. The second kappa shape index (κ2) is 11.1. The van der Waals surface area contributed by atoms with Crippen LogP contribution in [0.2, 0.25) is 0 Å². The highest BCUT2D eigenvalue weighted by atomic mass is 14.2. The maximum absolute atomic E-state index is 2.41. The molecule has 0 aliphatic rings. The summed E-state index contributed by atoms with van der Waals surface area (Å²) >= 11 is 0. The van der Waals surface area contributed by atoms with E-state index in [-0.39, 0.29) is 0 Å². The van der Waals surface area contributed by atoms with Crippen molar-refractivity contribution < 1.29 is 0 Å². The summed E-state index contributed by atoms with van der Waals surface area (Å²) in [6, 6.07) is 64.9. The molecule has 0 aliphatic heterocycles. The van der Waals surface area contributed by atoms with E-state index in [1.807, 2.05) is 0 Å². The van der Waals surface area contributed by atoms with Crippen LogP contribution >= 0.6 is 0 Å². The van der Waals surface area contributed by atoms with Gasteiger partial charge in [-0.3, -0.25) is 0 Å². The van der Waals surface area contributed by atoms with Gasteiger partial charge in [0.05, 0.1) is 0 Å². The van der Waals surface area contributed by atoms with Gasteiger partial charge in [0.1, 0.15) is 0 Å². The fourth-order valence-corrected chi connectivity index (χ4v) is 7.27. The van der Waals surface area contributed by atoms with E-state index in [0.29, 0.717) is 0 Å². The quantitative estimate of drug-likeness (QED) is 0.177. The second-order valence-electron chi connectivity index (χ2n) is 12.6. The normalized spacial score (nSPS) is 11.5. The summed E-state index contributed by atoms with van der Waals surface area (Å²) in [6.45, 7) is 2.13. The van der Waals surface area contributed by atoms with E-state index in [1.54, 1.807) is 0 Å². The monoisotopic (exact) mass is 596 g/mol. The van der Waals surface area contributed by atoms with Crippen molar-refractivity contribution >= 4 is 43.1 Å². The summed E-state index contributed by atoms with van der Waals surface area (Å²) in [7, 11) is 0. The first-order valence-electron chi connectivity index (χ1n) is 16.3. The van der Waals surface area contributed by atoms with E-state index in [0.717, 1.165) is 0 Å². The zero-order chi connectivity index (χ0) is 31.3. The number of hydrogen-bond acceptors (Lipinski definition) is 0. The molecule has 47 heavy (non-hydrogen) atoms. The fourth-order valence-electron chi connectivity index (χ4n) is 7.27. The Labute approximate surface area is 275 Å². The SMILES string of the molecule is Cc1ccc(-c2ccc(-c3ccc4c(-c5ccc6ccccc6c5)c5ccccc5c(-c5ccc6ccccc6c5)c4c3)cc2)cc1. The van der Waals surface area contributed by atoms with Crippen LogP contribution in [-0.4, -0.2) is 0 Å². The first-order chi connectivity index (χ1) is 23.2. The summed E-state index contributed by atoms with van der Waals surface area (Å²) < 4.78 is 0. The van der Waals surface area contributed by atoms with Crippen LogP contribution in [0.1, 0.15) is 5.56 Å². The molecule has 0 atom stereocenters. The van der Waals surface area contributed by atoms with Gasteiger partial charge in [-0.25, -0.2) is 0 Å². The van der Waals surface area contributed by atoms with Gasteiger partial charge in [-0.1, -0.05) is 163 Å². The number of aryl methyl sites for hydroxylation is 1. The van der Waals surface area contributed by atoms with Crippen LogP contribution in [0.25, 0.3) is 87.6 Å². The molecule has 9 aromatic rings. The molecule has 9 aromatic carbocycles. The first kappa shape index (κ1) is 27.3. The second-order valence-corrected chi connectivity index (χ2v) is 12.6. The van der Waals surface area contributed by atoms with Crippen LogP contribution in [-0.2, 0) is 0 Å². The van der Waals surface area contributed by atoms with Crippen molar-refractivity contribution in [3.05, 3.63) is 181 Å². The van der Waals surface area contributed by atoms with Crippen LogP contribution in [0.5, 0.6) is 0 Å². The Bertz CT molecular complexity index is 2600. The van der Waals surface area contributed by atoms with Crippen molar-refractivity contribution in [1.82, 2.24) is 0 Å². The summed E-state index contributed by atoms with van der Waals surface area (Å²) in [4.78, 5) is 0. The average Bonchev–Trinajstić information content (AvgIpc) is 3.13. The minimum atomic E-state index is 1.22. The third kappa shape index (κ3) is 4.78. The number of benzene rings is 9. The van der Waals surface area contributed by atoms with Gasteiger partial charge in [-0.05, 0) is 113 Å². The molecule has 0 amide bonds. The molecule has 0 heterocycles. The lowest BCUT2D eigenvalue weighted by Gasteiger charge is -2.19. The Hall–Kier alpha value is -5.98. The first-order valence-corrected chi connectivity index (χ1v) is 16.3. The van der Waals surface area contributed by atoms with Gasteiger partial charge in [0.25, 0.3) is 0 Å². The van der Waals surface area contributed by atoms with Crippen molar-refractivity contribution in [2.75, 3.05) is 0 Å². The number of rotatable bonds is 4. The molecular weight excluding hydrogens is 565 g/mol. The van der Waals surface area contributed by atoms with Crippen molar-refractivity contribution in [3.63, 3.8) is 0 Å². The van der Waals surface area contributed by atoms with E-state index < -0.39 is 0 Å². The Morgan fingerprint density at radius 2 is 0.638 bits per heavy atom. The van der Waals surface area contributed by atoms with Crippen molar-refractivity contribution in [3.8, 4) is 44.5 Å². The Balaban J connectivity index is 1.31. The van der Waals surface area contributed by atoms with Crippen LogP contribution in [0.4, 0.5) is 0 Å². The van der Waals surface area contributed by atoms with Crippen molar-refractivity contribution in [2.24, 2.45) is 0 Å². The predicted octanol–water partition coefficient (Wildman–Crippen LogP) is 13.3. The molecule has 0 radical (unpaired) electrons. The molecule has 0 spiro atoms. The molecular formula is C47H32. The van der Waals surface area contributed by atoms with Gasteiger partial charge in [-0.15, -0.1) is 0 Å². The smallest absolute Gasteiger partial charge is 0.00259 e. The average molecular weight is 597 g/mol. The van der Waals surface area contributed by atoms with Gasteiger partial charge >= 0.3 is 0 Å². The maximum atomic E-state index is 2.41. The summed E-state index contributed by atoms with van der Waals surface area (Å²) in [5.41, 5.74) is 11.2. The van der Waals surface area contributed by atoms with Crippen molar-refractivity contribution in [1.29, 1.82) is 0 Å². The fraction of sp³-hybridized carbons (Fsp3) is 0.0213. The molecule has 220 valence electrons. The highest BCUT2D eigenvalue weighted by Gasteiger charge is 2.18. The molecule has 0 bridgehead atoms. The minimum absolute atomic E-state index is 1.22. The maximum Gasteiger partial charge on any atom is -0.00259 e. The topological polar surface area (TPSA) is 0 Å². The van der Waals surface area contributed by atoms with E-state index >= 15 is 0 Å². The van der Waals surface area contributed by atoms with Gasteiger partial charge < -0.3 is 0 Å². The predicted molar refractivity (Wildman–Crippen MR) is 203 cm³/mol. The molecule has 0 fully saturated rings. The number of hydrogen-bond donors (Lipinski definition) is 0. The lowest BCUT2D eigenvalue weighted by molar-refractivity contribution is 1.47. The molecule has 0 aromatic heterocycles.